The Bertz CT molecular complexity index is 916. The highest BCUT2D eigenvalue weighted by Gasteiger charge is 2.46. The van der Waals surface area contributed by atoms with Gasteiger partial charge in [-0.05, 0) is 43.2 Å². The van der Waals surface area contributed by atoms with Crippen molar-refractivity contribution < 1.29 is 23.5 Å². The molecule has 1 saturated carbocycles. The van der Waals surface area contributed by atoms with E-state index in [0.29, 0.717) is 40.0 Å². The summed E-state index contributed by atoms with van der Waals surface area (Å²) in [6.45, 7) is 0. The molecule has 1 aliphatic heterocycles. The number of carbonyl (C=O) groups is 2. The third kappa shape index (κ3) is 3.62. The summed E-state index contributed by atoms with van der Waals surface area (Å²) in [5.74, 6) is -1.66. The zero-order chi connectivity index (χ0) is 19.0. The predicted octanol–water partition coefficient (Wildman–Crippen LogP) is 5.40. The first kappa shape index (κ1) is 18.1. The Kier molecular flexibility index (Phi) is 4.74. The van der Waals surface area contributed by atoms with Gasteiger partial charge in [0.15, 0.2) is 0 Å². The lowest BCUT2D eigenvalue weighted by Gasteiger charge is -2.38. The number of carbonyl (C=O) groups excluding carboxylic acids is 2. The molecule has 0 N–H and O–H groups in total. The number of esters is 2. The van der Waals surface area contributed by atoms with Crippen molar-refractivity contribution in [2.75, 3.05) is 0 Å². The smallest absolute Gasteiger partial charge is 0.349 e. The van der Waals surface area contributed by atoms with Gasteiger partial charge in [-0.15, -0.1) is 0 Å². The lowest BCUT2D eigenvalue weighted by molar-refractivity contribution is -0.244. The highest BCUT2D eigenvalue weighted by Crippen LogP contribution is 2.38. The van der Waals surface area contributed by atoms with Crippen LogP contribution in [0.2, 0.25) is 10.0 Å². The highest BCUT2D eigenvalue weighted by molar-refractivity contribution is 6.36. The van der Waals surface area contributed by atoms with Gasteiger partial charge in [0.2, 0.25) is 0 Å². The highest BCUT2D eigenvalue weighted by atomic mass is 35.5. The summed E-state index contributed by atoms with van der Waals surface area (Å²) in [6, 6.07) is 8.38. The molecule has 1 saturated heterocycles. The third-order valence-corrected chi connectivity index (χ3v) is 5.27. The van der Waals surface area contributed by atoms with Crippen LogP contribution in [0.4, 0.5) is 0 Å². The summed E-state index contributed by atoms with van der Waals surface area (Å²) in [5, 5.41) is 0.953. The normalized spacial score (nSPS) is 19.0. The Labute approximate surface area is 165 Å². The molecule has 2 aromatic rings. The summed E-state index contributed by atoms with van der Waals surface area (Å²) in [4.78, 5) is 24.8. The number of hydrogen-bond donors (Lipinski definition) is 0. The second-order valence-electron chi connectivity index (χ2n) is 6.63. The minimum absolute atomic E-state index is 0.186. The van der Waals surface area contributed by atoms with Gasteiger partial charge in [0.25, 0.3) is 5.79 Å². The molecule has 0 unspecified atom stereocenters. The molecular formula is C20H16Cl2O5. The Hall–Kier alpha value is -2.24. The van der Waals surface area contributed by atoms with Crippen LogP contribution in [0.15, 0.2) is 40.3 Å². The number of hydrogen-bond acceptors (Lipinski definition) is 5. The van der Waals surface area contributed by atoms with Crippen LogP contribution in [0.3, 0.4) is 0 Å². The minimum Gasteiger partial charge on any atom is -0.457 e. The van der Waals surface area contributed by atoms with Gasteiger partial charge >= 0.3 is 11.9 Å². The Morgan fingerprint density at radius 1 is 0.926 bits per heavy atom. The quantitative estimate of drug-likeness (QED) is 0.379. The molecule has 7 heteroatoms. The largest absolute Gasteiger partial charge is 0.457 e. The molecule has 1 aromatic carbocycles. The summed E-state index contributed by atoms with van der Waals surface area (Å²) < 4.78 is 16.6. The number of ether oxygens (including phenoxy) is 2. The van der Waals surface area contributed by atoms with E-state index in [2.05, 4.69) is 0 Å². The van der Waals surface area contributed by atoms with Gasteiger partial charge in [-0.3, -0.25) is 0 Å². The molecular weight excluding hydrogens is 391 g/mol. The van der Waals surface area contributed by atoms with E-state index in [1.165, 1.54) is 6.08 Å². The zero-order valence-electron chi connectivity index (χ0n) is 14.3. The molecule has 1 spiro atoms. The van der Waals surface area contributed by atoms with Crippen LogP contribution < -0.4 is 0 Å². The van der Waals surface area contributed by atoms with Crippen molar-refractivity contribution in [2.45, 2.75) is 37.9 Å². The maximum absolute atomic E-state index is 12.4. The van der Waals surface area contributed by atoms with Gasteiger partial charge in [-0.2, -0.15) is 0 Å². The van der Waals surface area contributed by atoms with Crippen molar-refractivity contribution in [1.82, 2.24) is 0 Å². The van der Waals surface area contributed by atoms with Crippen molar-refractivity contribution in [2.24, 2.45) is 0 Å². The Morgan fingerprint density at radius 2 is 1.63 bits per heavy atom. The monoisotopic (exact) mass is 406 g/mol. The van der Waals surface area contributed by atoms with E-state index in [-0.39, 0.29) is 5.57 Å². The average molecular weight is 407 g/mol. The molecule has 27 heavy (non-hydrogen) atoms. The van der Waals surface area contributed by atoms with E-state index in [1.807, 2.05) is 0 Å². The van der Waals surface area contributed by atoms with Crippen LogP contribution in [0.1, 0.15) is 37.9 Å². The van der Waals surface area contributed by atoms with Gasteiger partial charge in [0, 0.05) is 29.5 Å². The van der Waals surface area contributed by atoms with E-state index in [0.717, 1.165) is 19.3 Å². The van der Waals surface area contributed by atoms with Crippen molar-refractivity contribution in [3.05, 3.63) is 51.7 Å². The molecule has 2 aliphatic rings. The van der Waals surface area contributed by atoms with Gasteiger partial charge in [-0.1, -0.05) is 29.6 Å². The van der Waals surface area contributed by atoms with Crippen LogP contribution >= 0.6 is 23.2 Å². The fraction of sp³-hybridized carbons (Fsp3) is 0.300. The second-order valence-corrected chi connectivity index (χ2v) is 7.48. The van der Waals surface area contributed by atoms with Crippen LogP contribution in [0.25, 0.3) is 17.4 Å². The van der Waals surface area contributed by atoms with Gasteiger partial charge in [0.1, 0.15) is 17.1 Å². The first-order valence-corrected chi connectivity index (χ1v) is 9.45. The van der Waals surface area contributed by atoms with Crippen molar-refractivity contribution in [3.8, 4) is 11.3 Å². The van der Waals surface area contributed by atoms with Crippen LogP contribution in [-0.2, 0) is 19.1 Å². The minimum atomic E-state index is -1.10. The topological polar surface area (TPSA) is 65.7 Å². The summed E-state index contributed by atoms with van der Waals surface area (Å²) in [5.41, 5.74) is 0.468. The molecule has 0 radical (unpaired) electrons. The molecule has 2 fully saturated rings. The van der Waals surface area contributed by atoms with E-state index < -0.39 is 17.7 Å². The fourth-order valence-electron chi connectivity index (χ4n) is 3.37. The standard InChI is InChI=1S/C20H16Cl2O5/c21-12-4-6-14(16(22)10-12)17-7-5-13(25-17)11-15-18(23)26-20(27-19(15)24)8-2-1-3-9-20/h4-7,10-11H,1-3,8-9H2. The Morgan fingerprint density at radius 3 is 2.30 bits per heavy atom. The summed E-state index contributed by atoms with van der Waals surface area (Å²) in [6.07, 6.45) is 5.18. The molecule has 0 atom stereocenters. The maximum atomic E-state index is 12.4. The number of rotatable bonds is 2. The summed E-state index contributed by atoms with van der Waals surface area (Å²) >= 11 is 12.1. The SMILES string of the molecule is O=C1OC2(CCCCC2)OC(=O)C1=Cc1ccc(-c2ccc(Cl)cc2Cl)o1. The molecule has 2 heterocycles. The Balaban J connectivity index is 1.58. The maximum Gasteiger partial charge on any atom is 0.349 e. The summed E-state index contributed by atoms with van der Waals surface area (Å²) in [7, 11) is 0. The van der Waals surface area contributed by atoms with E-state index >= 15 is 0 Å². The van der Waals surface area contributed by atoms with Crippen molar-refractivity contribution in [1.29, 1.82) is 0 Å². The van der Waals surface area contributed by atoms with E-state index in [4.69, 9.17) is 37.1 Å². The fourth-order valence-corrected chi connectivity index (χ4v) is 3.87. The molecule has 4 rings (SSSR count). The number of halogens is 2. The van der Waals surface area contributed by atoms with Gasteiger partial charge in [-0.25, -0.2) is 9.59 Å². The first-order valence-electron chi connectivity index (χ1n) is 8.69. The van der Waals surface area contributed by atoms with E-state index in [9.17, 15) is 9.59 Å². The van der Waals surface area contributed by atoms with Crippen LogP contribution in [-0.4, -0.2) is 17.7 Å². The molecule has 1 aliphatic carbocycles. The zero-order valence-corrected chi connectivity index (χ0v) is 15.8. The van der Waals surface area contributed by atoms with Gasteiger partial charge in [0.05, 0.1) is 5.02 Å². The molecule has 0 bridgehead atoms. The molecule has 0 amide bonds. The first-order chi connectivity index (χ1) is 13.0. The lowest BCUT2D eigenvalue weighted by Crippen LogP contribution is -2.47. The molecule has 140 valence electrons. The lowest BCUT2D eigenvalue weighted by atomic mass is 9.93. The third-order valence-electron chi connectivity index (χ3n) is 4.72. The van der Waals surface area contributed by atoms with Crippen LogP contribution in [0.5, 0.6) is 0 Å². The second kappa shape index (κ2) is 7.06. The molecule has 1 aromatic heterocycles. The predicted molar refractivity (Wildman–Crippen MR) is 100 cm³/mol. The average Bonchev–Trinajstić information content (AvgIpc) is 3.07. The molecule has 5 nitrogen and oxygen atoms in total. The van der Waals surface area contributed by atoms with Crippen LogP contribution in [0, 0.1) is 0 Å². The van der Waals surface area contributed by atoms with Gasteiger partial charge < -0.3 is 13.9 Å². The van der Waals surface area contributed by atoms with Crippen molar-refractivity contribution in [3.63, 3.8) is 0 Å². The van der Waals surface area contributed by atoms with E-state index in [1.54, 1.807) is 30.3 Å². The number of furan rings is 1. The number of benzene rings is 1. The van der Waals surface area contributed by atoms with Crippen molar-refractivity contribution >= 4 is 41.2 Å².